The van der Waals surface area contributed by atoms with Crippen molar-refractivity contribution in [3.05, 3.63) is 75.4 Å². The van der Waals surface area contributed by atoms with E-state index in [2.05, 4.69) is 11.4 Å². The lowest BCUT2D eigenvalue weighted by Crippen LogP contribution is -2.48. The first-order chi connectivity index (χ1) is 16.4. The molecule has 0 unspecified atom stereocenters. The summed E-state index contributed by atoms with van der Waals surface area (Å²) in [6.07, 6.45) is 1.59. The Morgan fingerprint density at radius 1 is 1.18 bits per heavy atom. The normalized spacial score (nSPS) is 14.1. The fraction of sp³-hybridized carbons (Fsp3) is 0.333. The molecule has 0 atom stereocenters. The van der Waals surface area contributed by atoms with Gasteiger partial charge in [-0.25, -0.2) is 0 Å². The Morgan fingerprint density at radius 3 is 2.56 bits per heavy atom. The third-order valence-electron chi connectivity index (χ3n) is 6.25. The van der Waals surface area contributed by atoms with Crippen LogP contribution in [0.4, 0.5) is 17.2 Å². The standard InChI is InChI=1S/C24H26N6O4/c1-17-18(2)29(15-19-6-5-13-34-19)24(20(17)14-25)26-23(31)16-27-9-11-28(12-10-27)21-7-3-4-8-22(21)30(32)33/h3-8,13H,9-12,15-16H2,1-2H3,(H,26,31). The minimum Gasteiger partial charge on any atom is -0.467 e. The molecule has 0 aliphatic carbocycles. The summed E-state index contributed by atoms with van der Waals surface area (Å²) >= 11 is 0. The van der Waals surface area contributed by atoms with Crippen LogP contribution < -0.4 is 10.2 Å². The van der Waals surface area contributed by atoms with Gasteiger partial charge in [0.05, 0.1) is 29.8 Å². The summed E-state index contributed by atoms with van der Waals surface area (Å²) in [6, 6.07) is 12.6. The molecule has 0 saturated carbocycles. The zero-order valence-corrected chi connectivity index (χ0v) is 19.2. The molecule has 1 aromatic carbocycles. The molecule has 3 aromatic rings. The number of aromatic nitrogens is 1. The molecule has 10 nitrogen and oxygen atoms in total. The average Bonchev–Trinajstić information content (AvgIpc) is 3.42. The number of nitro groups is 1. The molecule has 176 valence electrons. The van der Waals surface area contributed by atoms with Crippen molar-refractivity contribution in [2.24, 2.45) is 0 Å². The van der Waals surface area contributed by atoms with Gasteiger partial charge in [-0.1, -0.05) is 12.1 Å². The average molecular weight is 463 g/mol. The number of amides is 1. The Bertz CT molecular complexity index is 1230. The Hall–Kier alpha value is -4.10. The largest absolute Gasteiger partial charge is 0.467 e. The van der Waals surface area contributed by atoms with Gasteiger partial charge in [-0.3, -0.25) is 19.8 Å². The van der Waals surface area contributed by atoms with Gasteiger partial charge in [0.1, 0.15) is 23.3 Å². The lowest BCUT2D eigenvalue weighted by Gasteiger charge is -2.35. The van der Waals surface area contributed by atoms with Gasteiger partial charge in [0.15, 0.2) is 0 Å². The fourth-order valence-corrected chi connectivity index (χ4v) is 4.29. The number of carbonyl (C=O) groups is 1. The van der Waals surface area contributed by atoms with Crippen LogP contribution in [0.3, 0.4) is 0 Å². The van der Waals surface area contributed by atoms with Crippen molar-refractivity contribution < 1.29 is 14.1 Å². The van der Waals surface area contributed by atoms with E-state index in [0.29, 0.717) is 49.8 Å². The van der Waals surface area contributed by atoms with E-state index < -0.39 is 0 Å². The lowest BCUT2D eigenvalue weighted by atomic mass is 10.2. The molecule has 0 spiro atoms. The van der Waals surface area contributed by atoms with Crippen LogP contribution in [0.15, 0.2) is 47.1 Å². The minimum atomic E-state index is -0.371. The second kappa shape index (κ2) is 9.80. The fourth-order valence-electron chi connectivity index (χ4n) is 4.29. The van der Waals surface area contributed by atoms with Crippen molar-refractivity contribution in [2.45, 2.75) is 20.4 Å². The van der Waals surface area contributed by atoms with E-state index in [1.807, 2.05) is 34.3 Å². The van der Waals surface area contributed by atoms with E-state index in [1.54, 1.807) is 30.5 Å². The minimum absolute atomic E-state index is 0.0841. The summed E-state index contributed by atoms with van der Waals surface area (Å²) in [5.41, 5.74) is 2.83. The van der Waals surface area contributed by atoms with Gasteiger partial charge >= 0.3 is 0 Å². The van der Waals surface area contributed by atoms with Gasteiger partial charge in [0.25, 0.3) is 5.69 Å². The van der Waals surface area contributed by atoms with Crippen molar-refractivity contribution >= 4 is 23.1 Å². The van der Waals surface area contributed by atoms with E-state index in [-0.39, 0.29) is 23.1 Å². The van der Waals surface area contributed by atoms with Gasteiger partial charge in [-0.05, 0) is 37.6 Å². The molecule has 0 bridgehead atoms. The van der Waals surface area contributed by atoms with Crippen LogP contribution in [-0.2, 0) is 11.3 Å². The summed E-state index contributed by atoms with van der Waals surface area (Å²) in [5, 5.41) is 24.0. The van der Waals surface area contributed by atoms with Gasteiger partial charge in [-0.15, -0.1) is 0 Å². The molecule has 1 aliphatic rings. The van der Waals surface area contributed by atoms with Crippen LogP contribution in [-0.4, -0.2) is 53.0 Å². The van der Waals surface area contributed by atoms with Crippen LogP contribution >= 0.6 is 0 Å². The Labute approximate surface area is 197 Å². The Morgan fingerprint density at radius 2 is 1.91 bits per heavy atom. The molecular formula is C24H26N6O4. The molecule has 4 rings (SSSR count). The van der Waals surface area contributed by atoms with Crippen molar-refractivity contribution in [1.82, 2.24) is 9.47 Å². The SMILES string of the molecule is Cc1c(C#N)c(NC(=O)CN2CCN(c3ccccc3[N+](=O)[O-])CC2)n(Cc2ccco2)c1C. The highest BCUT2D eigenvalue weighted by Gasteiger charge is 2.25. The van der Waals surface area contributed by atoms with E-state index in [0.717, 1.165) is 17.0 Å². The lowest BCUT2D eigenvalue weighted by molar-refractivity contribution is -0.384. The first-order valence-electron chi connectivity index (χ1n) is 11.0. The van der Waals surface area contributed by atoms with Crippen molar-refractivity contribution in [3.8, 4) is 6.07 Å². The number of hydrogen-bond acceptors (Lipinski definition) is 7. The Balaban J connectivity index is 1.42. The van der Waals surface area contributed by atoms with E-state index >= 15 is 0 Å². The molecule has 1 aliphatic heterocycles. The van der Waals surface area contributed by atoms with Crippen LogP contribution in [0.5, 0.6) is 0 Å². The number of nitriles is 1. The topological polar surface area (TPSA) is 121 Å². The van der Waals surface area contributed by atoms with Crippen molar-refractivity contribution in [2.75, 3.05) is 42.9 Å². The molecular weight excluding hydrogens is 436 g/mol. The highest BCUT2D eigenvalue weighted by molar-refractivity contribution is 5.93. The number of rotatable bonds is 7. The number of anilines is 2. The van der Waals surface area contributed by atoms with Gasteiger partial charge in [0, 0.05) is 37.9 Å². The molecule has 34 heavy (non-hydrogen) atoms. The van der Waals surface area contributed by atoms with Crippen molar-refractivity contribution in [1.29, 1.82) is 5.26 Å². The second-order valence-electron chi connectivity index (χ2n) is 8.27. The molecule has 1 N–H and O–H groups in total. The first-order valence-corrected chi connectivity index (χ1v) is 11.0. The number of piperazine rings is 1. The molecule has 3 heterocycles. The highest BCUT2D eigenvalue weighted by atomic mass is 16.6. The van der Waals surface area contributed by atoms with Crippen molar-refractivity contribution in [3.63, 3.8) is 0 Å². The van der Waals surface area contributed by atoms with E-state index in [1.165, 1.54) is 6.07 Å². The molecule has 10 heteroatoms. The predicted octanol–water partition coefficient (Wildman–Crippen LogP) is 3.29. The summed E-state index contributed by atoms with van der Waals surface area (Å²) in [7, 11) is 0. The molecule has 1 fully saturated rings. The number of nitrogens with one attached hydrogen (secondary N) is 1. The number of furan rings is 1. The first kappa shape index (κ1) is 23.1. The molecule has 1 amide bonds. The highest BCUT2D eigenvalue weighted by Crippen LogP contribution is 2.29. The molecule has 0 radical (unpaired) electrons. The number of nitrogens with zero attached hydrogens (tertiary/aromatic N) is 5. The number of hydrogen-bond donors (Lipinski definition) is 1. The van der Waals surface area contributed by atoms with Crippen LogP contribution in [0.25, 0.3) is 0 Å². The maximum atomic E-state index is 12.9. The van der Waals surface area contributed by atoms with E-state index in [9.17, 15) is 20.2 Å². The number of carbonyl (C=O) groups excluding carboxylic acids is 1. The third-order valence-corrected chi connectivity index (χ3v) is 6.25. The van der Waals surface area contributed by atoms with Crippen LogP contribution in [0.1, 0.15) is 22.6 Å². The number of para-hydroxylation sites is 2. The van der Waals surface area contributed by atoms with Gasteiger partial charge in [-0.2, -0.15) is 5.26 Å². The maximum Gasteiger partial charge on any atom is 0.292 e. The van der Waals surface area contributed by atoms with E-state index in [4.69, 9.17) is 4.42 Å². The molecule has 2 aromatic heterocycles. The second-order valence-corrected chi connectivity index (χ2v) is 8.27. The zero-order valence-electron chi connectivity index (χ0n) is 19.2. The van der Waals surface area contributed by atoms with Crippen LogP contribution in [0.2, 0.25) is 0 Å². The summed E-state index contributed by atoms with van der Waals surface area (Å²) in [5.74, 6) is 0.982. The Kier molecular flexibility index (Phi) is 6.65. The molecule has 1 saturated heterocycles. The van der Waals surface area contributed by atoms with Crippen LogP contribution in [0, 0.1) is 35.3 Å². The van der Waals surface area contributed by atoms with Gasteiger partial charge in [0.2, 0.25) is 5.91 Å². The monoisotopic (exact) mass is 462 g/mol. The smallest absolute Gasteiger partial charge is 0.292 e. The third kappa shape index (κ3) is 4.65. The summed E-state index contributed by atoms with van der Waals surface area (Å²) in [4.78, 5) is 27.9. The summed E-state index contributed by atoms with van der Waals surface area (Å²) < 4.78 is 7.34. The number of benzene rings is 1. The van der Waals surface area contributed by atoms with Gasteiger partial charge < -0.3 is 19.2 Å². The summed E-state index contributed by atoms with van der Waals surface area (Å²) in [6.45, 7) is 6.70. The predicted molar refractivity (Wildman–Crippen MR) is 127 cm³/mol. The zero-order chi connectivity index (χ0) is 24.2. The number of nitro benzene ring substituents is 1. The quantitative estimate of drug-likeness (QED) is 0.422. The maximum absolute atomic E-state index is 12.9.